The largest absolute Gasteiger partial charge is 0.396 e. The fraction of sp³-hybridized carbons (Fsp3) is 0.100. The average molecular weight is 209 g/mol. The summed E-state index contributed by atoms with van der Waals surface area (Å²) in [5, 5.41) is 3.91. The number of anilines is 1. The maximum atomic E-state index is 13.4. The molecule has 0 aliphatic heterocycles. The summed E-state index contributed by atoms with van der Waals surface area (Å²) in [7, 11) is 0. The van der Waals surface area contributed by atoms with Crippen molar-refractivity contribution in [1.29, 1.82) is 0 Å². The van der Waals surface area contributed by atoms with Gasteiger partial charge in [0, 0.05) is 6.07 Å². The van der Waals surface area contributed by atoms with Crippen LogP contribution < -0.4 is 5.73 Å². The van der Waals surface area contributed by atoms with Crippen LogP contribution in [0.3, 0.4) is 0 Å². The molecule has 0 amide bonds. The molecule has 2 N–H and O–H groups in total. The predicted molar refractivity (Wildman–Crippen MR) is 52.6 cm³/mol. The van der Waals surface area contributed by atoms with Crippen molar-refractivity contribution in [1.82, 2.24) is 9.78 Å². The van der Waals surface area contributed by atoms with Crippen LogP contribution in [-0.2, 0) is 0 Å². The summed E-state index contributed by atoms with van der Waals surface area (Å²) < 4.78 is 27.4. The van der Waals surface area contributed by atoms with Crippen LogP contribution in [-0.4, -0.2) is 9.78 Å². The third-order valence-corrected chi connectivity index (χ3v) is 2.19. The van der Waals surface area contributed by atoms with Crippen LogP contribution in [0, 0.1) is 18.6 Å². The van der Waals surface area contributed by atoms with Crippen molar-refractivity contribution in [2.45, 2.75) is 6.92 Å². The lowest BCUT2D eigenvalue weighted by Crippen LogP contribution is -2.02. The molecule has 78 valence electrons. The second-order valence-electron chi connectivity index (χ2n) is 3.19. The minimum atomic E-state index is -0.666. The molecule has 2 aromatic rings. The molecule has 2 rings (SSSR count). The highest BCUT2D eigenvalue weighted by Crippen LogP contribution is 2.18. The zero-order valence-corrected chi connectivity index (χ0v) is 8.04. The van der Waals surface area contributed by atoms with E-state index in [-0.39, 0.29) is 5.69 Å². The smallest absolute Gasteiger partial charge is 0.151 e. The van der Waals surface area contributed by atoms with Crippen LogP contribution in [0.2, 0.25) is 0 Å². The molecule has 0 unspecified atom stereocenters. The Morgan fingerprint density at radius 3 is 2.60 bits per heavy atom. The molecule has 0 aliphatic carbocycles. The quantitative estimate of drug-likeness (QED) is 0.781. The van der Waals surface area contributed by atoms with E-state index in [1.807, 2.05) is 0 Å². The molecule has 1 aromatic heterocycles. The summed E-state index contributed by atoms with van der Waals surface area (Å²) in [6.07, 6.45) is 1.43. The van der Waals surface area contributed by atoms with Crippen LogP contribution in [0.4, 0.5) is 14.5 Å². The van der Waals surface area contributed by atoms with Gasteiger partial charge in [0.2, 0.25) is 0 Å². The Bertz CT molecular complexity index is 505. The van der Waals surface area contributed by atoms with Gasteiger partial charge >= 0.3 is 0 Å². The van der Waals surface area contributed by atoms with Gasteiger partial charge in [0.05, 0.1) is 17.6 Å². The Morgan fingerprint density at radius 2 is 2.07 bits per heavy atom. The minimum Gasteiger partial charge on any atom is -0.396 e. The molecule has 0 radical (unpaired) electrons. The van der Waals surface area contributed by atoms with Crippen LogP contribution in [0.15, 0.2) is 24.4 Å². The lowest BCUT2D eigenvalue weighted by Gasteiger charge is -2.05. The Labute approximate surface area is 85.1 Å². The summed E-state index contributed by atoms with van der Waals surface area (Å²) in [6, 6.07) is 3.31. The number of benzene rings is 1. The SMILES string of the molecule is Cc1c(N)cnn1-c1ccc(F)cc1F. The van der Waals surface area contributed by atoms with E-state index < -0.39 is 11.6 Å². The molecule has 0 fully saturated rings. The van der Waals surface area contributed by atoms with Gasteiger partial charge in [-0.1, -0.05) is 0 Å². The Hall–Kier alpha value is -1.91. The molecule has 0 saturated carbocycles. The molecular formula is C10H9F2N3. The lowest BCUT2D eigenvalue weighted by molar-refractivity contribution is 0.572. The minimum absolute atomic E-state index is 0.186. The molecular weight excluding hydrogens is 200 g/mol. The molecule has 1 aromatic carbocycles. The Kier molecular flexibility index (Phi) is 2.15. The molecule has 1 heterocycles. The van der Waals surface area contributed by atoms with Crippen LogP contribution >= 0.6 is 0 Å². The third-order valence-electron chi connectivity index (χ3n) is 2.19. The van der Waals surface area contributed by atoms with Gasteiger partial charge in [0.15, 0.2) is 5.82 Å². The third kappa shape index (κ3) is 1.56. The van der Waals surface area contributed by atoms with Gasteiger partial charge in [-0.25, -0.2) is 13.5 Å². The maximum Gasteiger partial charge on any atom is 0.151 e. The number of halogens is 2. The summed E-state index contributed by atoms with van der Waals surface area (Å²) in [5.41, 5.74) is 6.86. The van der Waals surface area contributed by atoms with Crippen molar-refractivity contribution in [2.75, 3.05) is 5.73 Å². The molecule has 0 aliphatic rings. The topological polar surface area (TPSA) is 43.8 Å². The van der Waals surface area contributed by atoms with Gasteiger partial charge in [-0.3, -0.25) is 0 Å². The zero-order chi connectivity index (χ0) is 11.0. The van der Waals surface area contributed by atoms with Crippen molar-refractivity contribution in [3.8, 4) is 5.69 Å². The summed E-state index contributed by atoms with van der Waals surface area (Å²) in [4.78, 5) is 0. The highest BCUT2D eigenvalue weighted by Gasteiger charge is 2.10. The number of rotatable bonds is 1. The van der Waals surface area contributed by atoms with E-state index in [9.17, 15) is 8.78 Å². The molecule has 0 atom stereocenters. The number of nitrogens with zero attached hydrogens (tertiary/aromatic N) is 2. The normalized spacial score (nSPS) is 10.6. The van der Waals surface area contributed by atoms with E-state index in [1.54, 1.807) is 6.92 Å². The fourth-order valence-electron chi connectivity index (χ4n) is 1.32. The number of aromatic nitrogens is 2. The molecule has 15 heavy (non-hydrogen) atoms. The Morgan fingerprint density at radius 1 is 1.33 bits per heavy atom. The number of nitrogen functional groups attached to an aromatic ring is 1. The molecule has 0 bridgehead atoms. The first-order valence-corrected chi connectivity index (χ1v) is 4.35. The molecule has 5 heteroatoms. The van der Waals surface area contributed by atoms with Crippen molar-refractivity contribution >= 4 is 5.69 Å². The van der Waals surface area contributed by atoms with E-state index in [2.05, 4.69) is 5.10 Å². The van der Waals surface area contributed by atoms with Crippen molar-refractivity contribution in [3.05, 3.63) is 41.7 Å². The van der Waals surface area contributed by atoms with E-state index >= 15 is 0 Å². The first kappa shape index (κ1) is 9.64. The van der Waals surface area contributed by atoms with Gasteiger partial charge in [-0.2, -0.15) is 5.10 Å². The highest BCUT2D eigenvalue weighted by molar-refractivity contribution is 5.45. The monoisotopic (exact) mass is 209 g/mol. The number of hydrogen-bond acceptors (Lipinski definition) is 2. The van der Waals surface area contributed by atoms with Gasteiger partial charge < -0.3 is 5.73 Å². The summed E-state index contributed by atoms with van der Waals surface area (Å²) in [6.45, 7) is 1.71. The molecule has 0 spiro atoms. The van der Waals surface area contributed by atoms with E-state index in [4.69, 9.17) is 5.73 Å². The van der Waals surface area contributed by atoms with Crippen LogP contribution in [0.25, 0.3) is 5.69 Å². The first-order chi connectivity index (χ1) is 7.09. The standard InChI is InChI=1S/C10H9F2N3/c1-6-9(13)5-14-15(6)10-3-2-7(11)4-8(10)12/h2-5H,13H2,1H3. The maximum absolute atomic E-state index is 13.4. The number of hydrogen-bond donors (Lipinski definition) is 1. The second kappa shape index (κ2) is 3.34. The van der Waals surface area contributed by atoms with Crippen LogP contribution in [0.1, 0.15) is 5.69 Å². The van der Waals surface area contributed by atoms with Gasteiger partial charge in [0.25, 0.3) is 0 Å². The zero-order valence-electron chi connectivity index (χ0n) is 8.04. The molecule has 0 saturated heterocycles. The van der Waals surface area contributed by atoms with Crippen LogP contribution in [0.5, 0.6) is 0 Å². The summed E-state index contributed by atoms with van der Waals surface area (Å²) in [5.74, 6) is -1.28. The second-order valence-corrected chi connectivity index (χ2v) is 3.19. The van der Waals surface area contributed by atoms with Crippen molar-refractivity contribution in [2.24, 2.45) is 0 Å². The fourth-order valence-corrected chi connectivity index (χ4v) is 1.32. The highest BCUT2D eigenvalue weighted by atomic mass is 19.1. The van der Waals surface area contributed by atoms with Gasteiger partial charge in [0.1, 0.15) is 11.5 Å². The predicted octanol–water partition coefficient (Wildman–Crippen LogP) is 2.04. The van der Waals surface area contributed by atoms with Crippen molar-refractivity contribution < 1.29 is 8.78 Å². The summed E-state index contributed by atoms with van der Waals surface area (Å²) >= 11 is 0. The average Bonchev–Trinajstić information content (AvgIpc) is 2.49. The molecule has 3 nitrogen and oxygen atoms in total. The van der Waals surface area contributed by atoms with Gasteiger partial charge in [-0.15, -0.1) is 0 Å². The Balaban J connectivity index is 2.59. The lowest BCUT2D eigenvalue weighted by atomic mass is 10.3. The number of nitrogens with two attached hydrogens (primary N) is 1. The van der Waals surface area contributed by atoms with E-state index in [1.165, 1.54) is 23.0 Å². The van der Waals surface area contributed by atoms with Gasteiger partial charge in [-0.05, 0) is 19.1 Å². The van der Waals surface area contributed by atoms with E-state index in [0.29, 0.717) is 11.4 Å². The van der Waals surface area contributed by atoms with E-state index in [0.717, 1.165) is 6.07 Å². The van der Waals surface area contributed by atoms with Crippen molar-refractivity contribution in [3.63, 3.8) is 0 Å². The first-order valence-electron chi connectivity index (χ1n) is 4.35.